The first-order chi connectivity index (χ1) is 21.4. The number of fused-ring (bicyclic) bond motifs is 3. The summed E-state index contributed by atoms with van der Waals surface area (Å²) in [7, 11) is 1.66. The van der Waals surface area contributed by atoms with Crippen LogP contribution in [0, 0.1) is 0 Å². The van der Waals surface area contributed by atoms with E-state index in [0.29, 0.717) is 31.7 Å². The molecular weight excluding hydrogens is 679 g/mol. The molecule has 0 bridgehead atoms. The van der Waals surface area contributed by atoms with E-state index in [2.05, 4.69) is 40.2 Å². The lowest BCUT2D eigenvalue weighted by atomic mass is 9.83. The van der Waals surface area contributed by atoms with E-state index in [1.807, 2.05) is 59.2 Å². The molecule has 5 nitrogen and oxygen atoms in total. The van der Waals surface area contributed by atoms with Crippen LogP contribution in [0.1, 0.15) is 40.3 Å². The second-order valence-electron chi connectivity index (χ2n) is 10.6. The molecule has 7 rings (SSSR count). The lowest BCUT2D eigenvalue weighted by Gasteiger charge is -2.30. The lowest BCUT2D eigenvalue weighted by Crippen LogP contribution is -2.38. The van der Waals surface area contributed by atoms with Crippen molar-refractivity contribution in [3.63, 3.8) is 0 Å². The zero-order valence-corrected chi connectivity index (χ0v) is 27.4. The van der Waals surface area contributed by atoms with E-state index in [1.54, 1.807) is 19.2 Å². The largest absolute Gasteiger partial charge is 0.497 e. The summed E-state index contributed by atoms with van der Waals surface area (Å²) in [5, 5.41) is 1.13. The van der Waals surface area contributed by atoms with E-state index in [0.717, 1.165) is 56.6 Å². The molecule has 0 N–H and O–H groups in total. The molecule has 4 aromatic carbocycles. The Morgan fingerprint density at radius 3 is 2.61 bits per heavy atom. The number of methoxy groups -OCH3 is 1. The number of hydrogen-bond donors (Lipinski definition) is 0. The van der Waals surface area contributed by atoms with E-state index < -0.39 is 0 Å². The van der Waals surface area contributed by atoms with Crippen molar-refractivity contribution in [1.29, 1.82) is 0 Å². The van der Waals surface area contributed by atoms with Crippen LogP contribution in [0.3, 0.4) is 0 Å². The molecule has 2 heterocycles. The Kier molecular flexibility index (Phi) is 7.97. The molecule has 1 atom stereocenters. The Labute approximate surface area is 276 Å². The zero-order chi connectivity index (χ0) is 30.4. The SMILES string of the molecule is COc1ccc([C@@H]2C3=C(N=c4s/c(=C/c5ccc(OCc6ccc(Cl)cc6Cl)c(Br)c5)c(=O)n42)c2ccccc2CC3)cc1. The Bertz CT molecular complexity index is 2140. The Morgan fingerprint density at radius 2 is 1.84 bits per heavy atom. The van der Waals surface area contributed by atoms with Crippen LogP contribution >= 0.6 is 50.5 Å². The monoisotopic (exact) mass is 702 g/mol. The van der Waals surface area contributed by atoms with Crippen LogP contribution in [0.15, 0.2) is 105 Å². The fourth-order valence-electron chi connectivity index (χ4n) is 5.78. The van der Waals surface area contributed by atoms with E-state index in [1.165, 1.54) is 16.9 Å². The highest BCUT2D eigenvalue weighted by Gasteiger charge is 2.32. The first-order valence-electron chi connectivity index (χ1n) is 14.0. The predicted octanol–water partition coefficient (Wildman–Crippen LogP) is 7.98. The number of hydrogen-bond acceptors (Lipinski definition) is 5. The van der Waals surface area contributed by atoms with E-state index >= 15 is 0 Å². The van der Waals surface area contributed by atoms with Gasteiger partial charge in [-0.05, 0) is 93.5 Å². The number of aryl methyl sites for hydroxylation is 1. The standard InChI is InChI=1S/C35H25BrCl2N2O3S/c1-42-25-12-8-22(9-13-25)33-27-14-10-21-4-2-3-5-26(21)32(27)39-35-40(33)34(41)31(44-35)17-20-6-15-30(28(36)16-20)43-19-23-7-11-24(37)18-29(23)38/h2-9,11-13,15-18,33H,10,14,19H2,1H3/b31-17+/t33-/m1/s1. The lowest BCUT2D eigenvalue weighted by molar-refractivity contribution is 0.304. The second kappa shape index (κ2) is 12.1. The van der Waals surface area contributed by atoms with Crippen molar-refractivity contribution in [1.82, 2.24) is 4.57 Å². The minimum absolute atomic E-state index is 0.0613. The smallest absolute Gasteiger partial charge is 0.271 e. The van der Waals surface area contributed by atoms with E-state index in [-0.39, 0.29) is 11.6 Å². The number of benzene rings is 4. The molecule has 9 heteroatoms. The molecule has 0 spiro atoms. The quantitative estimate of drug-likeness (QED) is 0.180. The van der Waals surface area contributed by atoms with Gasteiger partial charge >= 0.3 is 0 Å². The number of allylic oxidation sites excluding steroid dienone is 1. The van der Waals surface area contributed by atoms with Gasteiger partial charge in [-0.1, -0.05) is 83.1 Å². The average molecular weight is 704 g/mol. The molecule has 0 radical (unpaired) electrons. The molecule has 0 amide bonds. The summed E-state index contributed by atoms with van der Waals surface area (Å²) in [6.45, 7) is 0.297. The topological polar surface area (TPSA) is 52.8 Å². The second-order valence-corrected chi connectivity index (χ2v) is 13.3. The number of nitrogens with zero attached hydrogens (tertiary/aromatic N) is 2. The van der Waals surface area contributed by atoms with Crippen LogP contribution < -0.4 is 24.4 Å². The van der Waals surface area contributed by atoms with Gasteiger partial charge in [-0.25, -0.2) is 4.99 Å². The molecule has 5 aromatic rings. The maximum atomic E-state index is 14.1. The van der Waals surface area contributed by atoms with Crippen molar-refractivity contribution in [2.45, 2.75) is 25.5 Å². The van der Waals surface area contributed by atoms with Gasteiger partial charge in [0.2, 0.25) is 0 Å². The van der Waals surface area contributed by atoms with Crippen molar-refractivity contribution < 1.29 is 9.47 Å². The molecule has 0 saturated carbocycles. The van der Waals surface area contributed by atoms with E-state index in [9.17, 15) is 4.79 Å². The molecule has 0 fully saturated rings. The van der Waals surface area contributed by atoms with Crippen molar-refractivity contribution in [2.75, 3.05) is 7.11 Å². The van der Waals surface area contributed by atoms with Gasteiger partial charge in [0, 0.05) is 21.2 Å². The van der Waals surface area contributed by atoms with Gasteiger partial charge in [0.15, 0.2) is 4.80 Å². The Hall–Kier alpha value is -3.62. The number of ether oxygens (including phenoxy) is 2. The molecule has 1 aliphatic heterocycles. The summed E-state index contributed by atoms with van der Waals surface area (Å²) >= 11 is 17.4. The summed E-state index contributed by atoms with van der Waals surface area (Å²) in [6.07, 6.45) is 3.66. The molecule has 1 aliphatic carbocycles. The van der Waals surface area contributed by atoms with Gasteiger partial charge in [0.1, 0.15) is 18.1 Å². The number of rotatable bonds is 6. The van der Waals surface area contributed by atoms with Crippen molar-refractivity contribution >= 4 is 62.2 Å². The minimum Gasteiger partial charge on any atom is -0.497 e. The normalized spacial score (nSPS) is 15.7. The highest BCUT2D eigenvalue weighted by atomic mass is 79.9. The summed E-state index contributed by atoms with van der Waals surface area (Å²) in [5.41, 5.74) is 7.25. The van der Waals surface area contributed by atoms with Crippen LogP contribution in [0.25, 0.3) is 11.8 Å². The summed E-state index contributed by atoms with van der Waals surface area (Å²) in [5.74, 6) is 1.44. The number of thiazole rings is 1. The van der Waals surface area contributed by atoms with E-state index in [4.69, 9.17) is 37.7 Å². The fraction of sp³-hybridized carbons (Fsp3) is 0.143. The molecule has 1 aromatic heterocycles. The molecule has 0 unspecified atom stereocenters. The third-order valence-electron chi connectivity index (χ3n) is 7.96. The maximum absolute atomic E-state index is 14.1. The van der Waals surface area contributed by atoms with Gasteiger partial charge in [-0.15, -0.1) is 0 Å². The third kappa shape index (κ3) is 5.43. The Morgan fingerprint density at radius 1 is 1.02 bits per heavy atom. The first-order valence-corrected chi connectivity index (χ1v) is 16.4. The van der Waals surface area contributed by atoms with Crippen molar-refractivity contribution in [3.05, 3.63) is 153 Å². The zero-order valence-electron chi connectivity index (χ0n) is 23.5. The van der Waals surface area contributed by atoms with Crippen molar-refractivity contribution in [3.8, 4) is 11.5 Å². The fourth-order valence-corrected chi connectivity index (χ4v) is 7.75. The average Bonchev–Trinajstić information content (AvgIpc) is 3.34. The van der Waals surface area contributed by atoms with Crippen molar-refractivity contribution in [2.24, 2.45) is 4.99 Å². The summed E-state index contributed by atoms with van der Waals surface area (Å²) < 4.78 is 14.7. The van der Waals surface area contributed by atoms with Crippen LogP contribution in [-0.4, -0.2) is 11.7 Å². The minimum atomic E-state index is -0.245. The third-order valence-corrected chi connectivity index (χ3v) is 10.1. The maximum Gasteiger partial charge on any atom is 0.271 e. The number of aromatic nitrogens is 1. The van der Waals surface area contributed by atoms with Crippen LogP contribution in [0.4, 0.5) is 0 Å². The van der Waals surface area contributed by atoms with Crippen LogP contribution in [-0.2, 0) is 13.0 Å². The summed E-state index contributed by atoms with van der Waals surface area (Å²) in [6, 6.07) is 27.3. The van der Waals surface area contributed by atoms with Crippen LogP contribution in [0.5, 0.6) is 11.5 Å². The van der Waals surface area contributed by atoms with Crippen LogP contribution in [0.2, 0.25) is 10.0 Å². The molecule has 44 heavy (non-hydrogen) atoms. The highest BCUT2D eigenvalue weighted by molar-refractivity contribution is 9.10. The van der Waals surface area contributed by atoms with Gasteiger partial charge in [-0.2, -0.15) is 0 Å². The predicted molar refractivity (Wildman–Crippen MR) is 181 cm³/mol. The van der Waals surface area contributed by atoms with Gasteiger partial charge in [-0.3, -0.25) is 9.36 Å². The van der Waals surface area contributed by atoms with Gasteiger partial charge < -0.3 is 9.47 Å². The van der Waals surface area contributed by atoms with Gasteiger partial charge in [0.05, 0.1) is 27.9 Å². The Balaban J connectivity index is 1.28. The first kappa shape index (κ1) is 29.1. The number of halogens is 3. The molecule has 2 aliphatic rings. The molecule has 220 valence electrons. The summed E-state index contributed by atoms with van der Waals surface area (Å²) in [4.78, 5) is 19.9. The van der Waals surface area contributed by atoms with Gasteiger partial charge in [0.25, 0.3) is 5.56 Å². The molecular formula is C35H25BrCl2N2O3S. The molecule has 0 saturated heterocycles. The highest BCUT2D eigenvalue weighted by Crippen LogP contribution is 2.41.